The monoisotopic (exact) mass is 280 g/mol. The van der Waals surface area contributed by atoms with E-state index in [1.165, 1.54) is 19.1 Å². The smallest absolute Gasteiger partial charge is 0.270 e. The number of rotatable bonds is 4. The molecule has 1 rings (SSSR count). The van der Waals surface area contributed by atoms with E-state index in [9.17, 15) is 16.8 Å². The van der Waals surface area contributed by atoms with Crippen molar-refractivity contribution in [2.75, 3.05) is 14.2 Å². The fourth-order valence-corrected chi connectivity index (χ4v) is 3.68. The zero-order valence-corrected chi connectivity index (χ0v) is 11.1. The van der Waals surface area contributed by atoms with E-state index in [4.69, 9.17) is 0 Å². The standard InChI is InChI=1S/C9H12O6S2/c1-7-5-4-6-8(16(10,11)14-2)9(7)17(12,13)15-3/h4-6H,1-3H3. The molecular formula is C9H12O6S2. The van der Waals surface area contributed by atoms with Crippen molar-refractivity contribution in [3.8, 4) is 0 Å². The third kappa shape index (κ3) is 2.65. The summed E-state index contributed by atoms with van der Waals surface area (Å²) < 4.78 is 55.2. The average Bonchev–Trinajstić information content (AvgIpc) is 2.28. The molecule has 96 valence electrons. The molecule has 0 fully saturated rings. The van der Waals surface area contributed by atoms with Crippen molar-refractivity contribution in [2.45, 2.75) is 16.7 Å². The Morgan fingerprint density at radius 2 is 1.47 bits per heavy atom. The second-order valence-electron chi connectivity index (χ2n) is 3.14. The van der Waals surface area contributed by atoms with Crippen molar-refractivity contribution in [1.29, 1.82) is 0 Å². The average molecular weight is 280 g/mol. The van der Waals surface area contributed by atoms with Crippen LogP contribution in [0.15, 0.2) is 28.0 Å². The molecule has 0 aromatic heterocycles. The van der Waals surface area contributed by atoms with E-state index < -0.39 is 30.0 Å². The number of hydrogen-bond donors (Lipinski definition) is 0. The van der Waals surface area contributed by atoms with Gasteiger partial charge in [0.05, 0.1) is 14.2 Å². The quantitative estimate of drug-likeness (QED) is 0.753. The minimum absolute atomic E-state index is 0.268. The van der Waals surface area contributed by atoms with Gasteiger partial charge in [0.25, 0.3) is 20.2 Å². The fraction of sp³-hybridized carbons (Fsp3) is 0.333. The molecule has 0 unspecified atom stereocenters. The second-order valence-corrected chi connectivity index (χ2v) is 6.47. The van der Waals surface area contributed by atoms with E-state index in [1.54, 1.807) is 0 Å². The SMILES string of the molecule is COS(=O)(=O)c1cccc(C)c1S(=O)(=O)OC. The molecule has 0 N–H and O–H groups in total. The number of aryl methyl sites for hydroxylation is 1. The van der Waals surface area contributed by atoms with E-state index in [-0.39, 0.29) is 5.56 Å². The predicted octanol–water partition coefficient (Wildman–Crippen LogP) is 0.665. The molecule has 0 saturated heterocycles. The van der Waals surface area contributed by atoms with Gasteiger partial charge >= 0.3 is 0 Å². The Kier molecular flexibility index (Phi) is 3.92. The van der Waals surface area contributed by atoms with Gasteiger partial charge in [-0.2, -0.15) is 16.8 Å². The Morgan fingerprint density at radius 1 is 0.941 bits per heavy atom. The third-order valence-electron chi connectivity index (χ3n) is 2.13. The molecule has 1 aromatic rings. The summed E-state index contributed by atoms with van der Waals surface area (Å²) in [6, 6.07) is 4.05. The first-order valence-corrected chi connectivity index (χ1v) is 7.29. The molecule has 0 saturated carbocycles. The summed E-state index contributed by atoms with van der Waals surface area (Å²) in [7, 11) is -6.29. The lowest BCUT2D eigenvalue weighted by molar-refractivity contribution is 0.385. The molecule has 0 atom stereocenters. The largest absolute Gasteiger partial charge is 0.298 e. The summed E-state index contributed by atoms with van der Waals surface area (Å²) >= 11 is 0. The maximum atomic E-state index is 11.7. The minimum atomic E-state index is -4.11. The molecule has 1 aromatic carbocycles. The zero-order valence-electron chi connectivity index (χ0n) is 9.50. The van der Waals surface area contributed by atoms with E-state index in [0.717, 1.165) is 20.3 Å². The van der Waals surface area contributed by atoms with Gasteiger partial charge in [-0.15, -0.1) is 0 Å². The second kappa shape index (κ2) is 4.73. The summed E-state index contributed by atoms with van der Waals surface area (Å²) in [5, 5.41) is 0. The van der Waals surface area contributed by atoms with Crippen LogP contribution in [0.1, 0.15) is 5.56 Å². The van der Waals surface area contributed by atoms with Crippen molar-refractivity contribution in [1.82, 2.24) is 0 Å². The van der Waals surface area contributed by atoms with E-state index in [1.807, 2.05) is 0 Å². The van der Waals surface area contributed by atoms with Crippen molar-refractivity contribution < 1.29 is 25.2 Å². The molecule has 0 bridgehead atoms. The molecule has 17 heavy (non-hydrogen) atoms. The van der Waals surface area contributed by atoms with Gasteiger partial charge in [-0.25, -0.2) is 0 Å². The van der Waals surface area contributed by atoms with Gasteiger partial charge < -0.3 is 0 Å². The van der Waals surface area contributed by atoms with Crippen LogP contribution in [-0.4, -0.2) is 31.1 Å². The molecular weight excluding hydrogens is 268 g/mol. The van der Waals surface area contributed by atoms with Crippen LogP contribution in [0.25, 0.3) is 0 Å². The maximum Gasteiger partial charge on any atom is 0.298 e. The summed E-state index contributed by atoms with van der Waals surface area (Å²) in [5.74, 6) is 0. The lowest BCUT2D eigenvalue weighted by atomic mass is 10.2. The highest BCUT2D eigenvalue weighted by molar-refractivity contribution is 7.90. The predicted molar refractivity (Wildman–Crippen MR) is 59.6 cm³/mol. The Balaban J connectivity index is 3.73. The molecule has 0 spiro atoms. The van der Waals surface area contributed by atoms with E-state index >= 15 is 0 Å². The summed E-state index contributed by atoms with van der Waals surface area (Å²) in [4.78, 5) is -0.828. The van der Waals surface area contributed by atoms with Crippen LogP contribution in [0.4, 0.5) is 0 Å². The molecule has 0 aliphatic heterocycles. The lowest BCUT2D eigenvalue weighted by Crippen LogP contribution is -2.13. The van der Waals surface area contributed by atoms with Gasteiger partial charge in [-0.1, -0.05) is 12.1 Å². The Labute approximate surface area is 100 Å². The summed E-state index contributed by atoms with van der Waals surface area (Å²) in [5.41, 5.74) is 0.268. The van der Waals surface area contributed by atoms with Crippen LogP contribution in [0, 0.1) is 6.92 Å². The van der Waals surface area contributed by atoms with Gasteiger partial charge in [0.2, 0.25) is 0 Å². The first-order chi connectivity index (χ1) is 7.76. The Bertz CT molecular complexity index is 615. The van der Waals surface area contributed by atoms with Crippen molar-refractivity contribution in [3.63, 3.8) is 0 Å². The van der Waals surface area contributed by atoms with Gasteiger partial charge in [-0.05, 0) is 18.6 Å². The van der Waals surface area contributed by atoms with Crippen molar-refractivity contribution >= 4 is 20.2 Å². The summed E-state index contributed by atoms with van der Waals surface area (Å²) in [6.07, 6.45) is 0. The first kappa shape index (κ1) is 14.1. The van der Waals surface area contributed by atoms with Gasteiger partial charge in [0, 0.05) is 0 Å². The van der Waals surface area contributed by atoms with Crippen LogP contribution < -0.4 is 0 Å². The van der Waals surface area contributed by atoms with Crippen molar-refractivity contribution in [2.24, 2.45) is 0 Å². The first-order valence-electron chi connectivity index (χ1n) is 4.47. The van der Waals surface area contributed by atoms with Crippen LogP contribution in [0.5, 0.6) is 0 Å². The van der Waals surface area contributed by atoms with Crippen LogP contribution in [-0.2, 0) is 28.6 Å². The summed E-state index contributed by atoms with van der Waals surface area (Å²) in [6.45, 7) is 1.47. The van der Waals surface area contributed by atoms with Crippen LogP contribution in [0.3, 0.4) is 0 Å². The van der Waals surface area contributed by atoms with Gasteiger partial charge in [0.15, 0.2) is 0 Å². The van der Waals surface area contributed by atoms with E-state index in [0.29, 0.717) is 0 Å². The maximum absolute atomic E-state index is 11.7. The number of benzene rings is 1. The van der Waals surface area contributed by atoms with Gasteiger partial charge in [0.1, 0.15) is 9.79 Å². The molecule has 0 radical (unpaired) electrons. The number of hydrogen-bond acceptors (Lipinski definition) is 6. The van der Waals surface area contributed by atoms with Gasteiger partial charge in [-0.3, -0.25) is 8.37 Å². The fourth-order valence-electron chi connectivity index (χ4n) is 1.32. The van der Waals surface area contributed by atoms with E-state index in [2.05, 4.69) is 8.37 Å². The molecule has 0 aliphatic rings. The normalized spacial score (nSPS) is 12.6. The third-order valence-corrected chi connectivity index (χ3v) is 5.06. The minimum Gasteiger partial charge on any atom is -0.270 e. The topological polar surface area (TPSA) is 86.7 Å². The van der Waals surface area contributed by atoms with Crippen LogP contribution in [0.2, 0.25) is 0 Å². The molecule has 0 heterocycles. The van der Waals surface area contributed by atoms with Crippen molar-refractivity contribution in [3.05, 3.63) is 23.8 Å². The molecule has 0 aliphatic carbocycles. The lowest BCUT2D eigenvalue weighted by Gasteiger charge is -2.10. The highest BCUT2D eigenvalue weighted by Gasteiger charge is 2.28. The Hall–Kier alpha value is -0.960. The zero-order chi connectivity index (χ0) is 13.3. The highest BCUT2D eigenvalue weighted by atomic mass is 32.2. The molecule has 0 amide bonds. The highest BCUT2D eigenvalue weighted by Crippen LogP contribution is 2.26. The Morgan fingerprint density at radius 3 is 1.94 bits per heavy atom. The molecule has 6 nitrogen and oxygen atoms in total. The van der Waals surface area contributed by atoms with Crippen LogP contribution >= 0.6 is 0 Å². The molecule has 8 heteroatoms.